The minimum atomic E-state index is -0.381. The van der Waals surface area contributed by atoms with Gasteiger partial charge < -0.3 is 4.52 Å². The molecule has 1 unspecified atom stereocenters. The molecule has 19 heavy (non-hydrogen) atoms. The molecule has 0 aliphatic heterocycles. The summed E-state index contributed by atoms with van der Waals surface area (Å²) in [6.45, 7) is 5.40. The van der Waals surface area contributed by atoms with Gasteiger partial charge in [-0.3, -0.25) is 9.78 Å². The molecular formula is C13H14ClN3O2. The van der Waals surface area contributed by atoms with Gasteiger partial charge in [0.1, 0.15) is 11.5 Å². The number of hydrogen-bond acceptors (Lipinski definition) is 5. The molecule has 1 atom stereocenters. The summed E-state index contributed by atoms with van der Waals surface area (Å²) in [5, 5.41) is 4.40. The van der Waals surface area contributed by atoms with Gasteiger partial charge in [0, 0.05) is 6.20 Å². The maximum Gasteiger partial charge on any atom is 0.237 e. The van der Waals surface area contributed by atoms with E-state index in [1.165, 1.54) is 13.1 Å². The Hall–Kier alpha value is -1.75. The minimum Gasteiger partial charge on any atom is -0.338 e. The van der Waals surface area contributed by atoms with E-state index >= 15 is 0 Å². The quantitative estimate of drug-likeness (QED) is 0.860. The van der Waals surface area contributed by atoms with Crippen molar-refractivity contribution in [1.82, 2.24) is 15.1 Å². The molecule has 5 nitrogen and oxygen atoms in total. The van der Waals surface area contributed by atoms with Gasteiger partial charge in [0.15, 0.2) is 0 Å². The van der Waals surface area contributed by atoms with Gasteiger partial charge >= 0.3 is 0 Å². The van der Waals surface area contributed by atoms with Gasteiger partial charge in [-0.15, -0.1) is 0 Å². The average Bonchev–Trinajstić information content (AvgIpc) is 2.78. The summed E-state index contributed by atoms with van der Waals surface area (Å²) in [4.78, 5) is 20.0. The van der Waals surface area contributed by atoms with Gasteiger partial charge in [-0.25, -0.2) is 0 Å². The van der Waals surface area contributed by atoms with Gasteiger partial charge in [-0.2, -0.15) is 4.98 Å². The van der Waals surface area contributed by atoms with Crippen molar-refractivity contribution >= 4 is 17.4 Å². The summed E-state index contributed by atoms with van der Waals surface area (Å²) >= 11 is 5.77. The van der Waals surface area contributed by atoms with Gasteiger partial charge in [0.05, 0.1) is 10.9 Å². The smallest absolute Gasteiger partial charge is 0.237 e. The largest absolute Gasteiger partial charge is 0.338 e. The van der Waals surface area contributed by atoms with Crippen LogP contribution in [-0.4, -0.2) is 20.9 Å². The molecule has 0 bridgehead atoms. The summed E-state index contributed by atoms with van der Waals surface area (Å²) in [5.74, 6) is 0.416. The predicted octanol–water partition coefficient (Wildman–Crippen LogP) is 3.11. The van der Waals surface area contributed by atoms with Gasteiger partial charge in [0.25, 0.3) is 0 Å². The topological polar surface area (TPSA) is 68.9 Å². The zero-order chi connectivity index (χ0) is 14.0. The third kappa shape index (κ3) is 2.98. The summed E-state index contributed by atoms with van der Waals surface area (Å²) in [6, 6.07) is 3.40. The van der Waals surface area contributed by atoms with Crippen molar-refractivity contribution in [1.29, 1.82) is 0 Å². The zero-order valence-electron chi connectivity index (χ0n) is 10.9. The third-order valence-electron chi connectivity index (χ3n) is 2.77. The highest BCUT2D eigenvalue weighted by Crippen LogP contribution is 2.26. The molecule has 2 rings (SSSR count). The van der Waals surface area contributed by atoms with E-state index in [1.807, 2.05) is 13.8 Å². The lowest BCUT2D eigenvalue weighted by Gasteiger charge is -2.12. The molecule has 0 saturated heterocycles. The van der Waals surface area contributed by atoms with Crippen LogP contribution in [0.25, 0.3) is 11.5 Å². The molecule has 0 aliphatic rings. The van der Waals surface area contributed by atoms with E-state index in [4.69, 9.17) is 16.1 Å². The predicted molar refractivity (Wildman–Crippen MR) is 70.8 cm³/mol. The second-order valence-electron chi connectivity index (χ2n) is 4.65. The Balaban J connectivity index is 2.32. The van der Waals surface area contributed by atoms with Crippen LogP contribution in [0.5, 0.6) is 0 Å². The van der Waals surface area contributed by atoms with Gasteiger partial charge in [0.2, 0.25) is 11.7 Å². The Labute approximate surface area is 116 Å². The van der Waals surface area contributed by atoms with Crippen LogP contribution in [0.2, 0.25) is 5.02 Å². The molecule has 0 radical (unpaired) electrons. The van der Waals surface area contributed by atoms with E-state index in [-0.39, 0.29) is 17.6 Å². The minimum absolute atomic E-state index is 0.00858. The van der Waals surface area contributed by atoms with E-state index in [0.29, 0.717) is 22.4 Å². The lowest BCUT2D eigenvalue weighted by molar-refractivity contribution is -0.119. The zero-order valence-corrected chi connectivity index (χ0v) is 11.7. The molecule has 100 valence electrons. The molecular weight excluding hydrogens is 266 g/mol. The van der Waals surface area contributed by atoms with Crippen LogP contribution >= 0.6 is 11.6 Å². The highest BCUT2D eigenvalue weighted by molar-refractivity contribution is 6.30. The first-order chi connectivity index (χ1) is 8.99. The van der Waals surface area contributed by atoms with Crippen LogP contribution in [-0.2, 0) is 4.79 Å². The second kappa shape index (κ2) is 5.48. The third-order valence-corrected chi connectivity index (χ3v) is 2.99. The fourth-order valence-electron chi connectivity index (χ4n) is 1.90. The molecule has 0 aliphatic carbocycles. The Morgan fingerprint density at radius 2 is 2.11 bits per heavy atom. The molecule has 0 N–H and O–H groups in total. The maximum absolute atomic E-state index is 11.6. The van der Waals surface area contributed by atoms with Crippen LogP contribution in [0.4, 0.5) is 0 Å². The molecule has 0 aromatic carbocycles. The lowest BCUT2D eigenvalue weighted by Crippen LogP contribution is -2.15. The van der Waals surface area contributed by atoms with Crippen molar-refractivity contribution in [2.75, 3.05) is 0 Å². The summed E-state index contributed by atoms with van der Waals surface area (Å²) in [6.07, 6.45) is 1.51. The first-order valence-corrected chi connectivity index (χ1v) is 6.33. The van der Waals surface area contributed by atoms with Crippen LogP contribution in [0.3, 0.4) is 0 Å². The van der Waals surface area contributed by atoms with Crippen LogP contribution in [0.1, 0.15) is 32.6 Å². The normalized spacial score (nSPS) is 12.7. The summed E-state index contributed by atoms with van der Waals surface area (Å²) in [7, 11) is 0. The molecule has 2 aromatic heterocycles. The number of ketones is 1. The average molecular weight is 280 g/mol. The van der Waals surface area contributed by atoms with Crippen molar-refractivity contribution in [3.05, 3.63) is 29.2 Å². The Bertz CT molecular complexity index is 578. The van der Waals surface area contributed by atoms with Crippen LogP contribution in [0.15, 0.2) is 22.9 Å². The monoisotopic (exact) mass is 279 g/mol. The number of carbonyl (C=O) groups excluding carboxylic acids is 1. The van der Waals surface area contributed by atoms with Crippen LogP contribution in [0, 0.1) is 5.92 Å². The van der Waals surface area contributed by atoms with E-state index in [1.54, 1.807) is 12.1 Å². The molecule has 0 amide bonds. The number of Topliss-reactive ketones (excluding diaryl/α,β-unsaturated/α-hetero) is 1. The number of rotatable bonds is 4. The summed E-state index contributed by atoms with van der Waals surface area (Å²) in [5.41, 5.74) is 0.561. The van der Waals surface area contributed by atoms with E-state index in [0.717, 1.165) is 0 Å². The summed E-state index contributed by atoms with van der Waals surface area (Å²) < 4.78 is 5.18. The molecule has 6 heteroatoms. The van der Waals surface area contributed by atoms with Crippen molar-refractivity contribution < 1.29 is 9.32 Å². The first kappa shape index (κ1) is 13.7. The van der Waals surface area contributed by atoms with Gasteiger partial charge in [-0.1, -0.05) is 30.6 Å². The first-order valence-electron chi connectivity index (χ1n) is 5.95. The van der Waals surface area contributed by atoms with Crippen molar-refractivity contribution in [2.24, 2.45) is 5.92 Å². The molecule has 2 aromatic rings. The number of hydrogen-bond donors (Lipinski definition) is 0. The van der Waals surface area contributed by atoms with E-state index in [9.17, 15) is 4.79 Å². The number of carbonyl (C=O) groups is 1. The van der Waals surface area contributed by atoms with Crippen molar-refractivity contribution in [2.45, 2.75) is 26.7 Å². The molecule has 0 spiro atoms. The Morgan fingerprint density at radius 1 is 1.37 bits per heavy atom. The lowest BCUT2D eigenvalue weighted by atomic mass is 9.92. The SMILES string of the molecule is CC(=O)C(c1nc(-c2ccc(Cl)cn2)no1)C(C)C. The highest BCUT2D eigenvalue weighted by Gasteiger charge is 2.27. The highest BCUT2D eigenvalue weighted by atomic mass is 35.5. The number of aromatic nitrogens is 3. The second-order valence-corrected chi connectivity index (χ2v) is 5.09. The van der Waals surface area contributed by atoms with Crippen molar-refractivity contribution in [3.8, 4) is 11.5 Å². The molecule has 0 fully saturated rings. The molecule has 0 saturated carbocycles. The van der Waals surface area contributed by atoms with E-state index in [2.05, 4.69) is 15.1 Å². The Morgan fingerprint density at radius 3 is 2.63 bits per heavy atom. The van der Waals surface area contributed by atoms with E-state index < -0.39 is 0 Å². The van der Waals surface area contributed by atoms with Crippen LogP contribution < -0.4 is 0 Å². The standard InChI is InChI=1S/C13H14ClN3O2/c1-7(2)11(8(3)18)13-16-12(17-19-13)10-5-4-9(14)6-15-10/h4-7,11H,1-3H3. The Kier molecular flexibility index (Phi) is 3.95. The van der Waals surface area contributed by atoms with Gasteiger partial charge in [-0.05, 0) is 25.0 Å². The number of nitrogens with zero attached hydrogens (tertiary/aromatic N) is 3. The van der Waals surface area contributed by atoms with Crippen molar-refractivity contribution in [3.63, 3.8) is 0 Å². The fraction of sp³-hybridized carbons (Fsp3) is 0.385. The fourth-order valence-corrected chi connectivity index (χ4v) is 2.01. The number of halogens is 1. The number of pyridine rings is 1. The molecule has 2 heterocycles. The maximum atomic E-state index is 11.6.